The molecular weight excluding hydrogens is 131 g/mol. The molecule has 1 nitrogen and oxygen atoms in total. The summed E-state index contributed by atoms with van der Waals surface area (Å²) in [5.74, 6) is -0.0745. The van der Waals surface area contributed by atoms with Gasteiger partial charge in [-0.25, -0.2) is 4.39 Å². The van der Waals surface area contributed by atoms with E-state index in [1.54, 1.807) is 0 Å². The molecule has 0 bridgehead atoms. The van der Waals surface area contributed by atoms with Crippen LogP contribution in [0.15, 0.2) is 24.8 Å². The molecule has 0 N–H and O–H groups in total. The Kier molecular flexibility index (Phi) is 3.62. The first-order valence-electron chi connectivity index (χ1n) is 3.01. The van der Waals surface area contributed by atoms with Crippen molar-refractivity contribution in [2.45, 2.75) is 19.5 Å². The monoisotopic (exact) mass is 142 g/mol. The van der Waals surface area contributed by atoms with Gasteiger partial charge in [0, 0.05) is 6.42 Å². The van der Waals surface area contributed by atoms with Crippen LogP contribution in [0.5, 0.6) is 0 Å². The second-order valence-corrected chi connectivity index (χ2v) is 2.17. The Labute approximate surface area is 60.2 Å². The topological polar surface area (TPSA) is 17.1 Å². The molecular formula is C8H11FO. The lowest BCUT2D eigenvalue weighted by atomic mass is 10.1. The van der Waals surface area contributed by atoms with E-state index in [-0.39, 0.29) is 17.8 Å². The van der Waals surface area contributed by atoms with Gasteiger partial charge in [0.1, 0.15) is 12.0 Å². The molecule has 0 heterocycles. The van der Waals surface area contributed by atoms with Gasteiger partial charge in [-0.05, 0) is 12.5 Å². The van der Waals surface area contributed by atoms with E-state index in [4.69, 9.17) is 0 Å². The molecule has 0 aromatic carbocycles. The van der Waals surface area contributed by atoms with Crippen LogP contribution in [-0.4, -0.2) is 12.0 Å². The lowest BCUT2D eigenvalue weighted by Crippen LogP contribution is -2.02. The Hall–Kier alpha value is -0.920. The molecule has 0 aliphatic carbocycles. The molecule has 1 atom stereocenters. The van der Waals surface area contributed by atoms with Gasteiger partial charge in [-0.2, -0.15) is 0 Å². The first-order chi connectivity index (χ1) is 4.57. The summed E-state index contributed by atoms with van der Waals surface area (Å²) in [6.07, 6.45) is -0.0118. The Balaban J connectivity index is 3.84. The summed E-state index contributed by atoms with van der Waals surface area (Å²) in [6, 6.07) is 0. The number of ketones is 1. The van der Waals surface area contributed by atoms with Crippen LogP contribution in [0.1, 0.15) is 13.3 Å². The molecule has 2 heteroatoms. The molecule has 0 spiro atoms. The Morgan fingerprint density at radius 2 is 2.30 bits per heavy atom. The van der Waals surface area contributed by atoms with Crippen LogP contribution in [0.4, 0.5) is 4.39 Å². The fraction of sp³-hybridized carbons (Fsp3) is 0.375. The van der Waals surface area contributed by atoms with E-state index in [1.807, 2.05) is 0 Å². The van der Waals surface area contributed by atoms with E-state index < -0.39 is 6.17 Å². The van der Waals surface area contributed by atoms with Gasteiger partial charge in [0.05, 0.1) is 0 Å². The van der Waals surface area contributed by atoms with Crippen molar-refractivity contribution in [2.24, 2.45) is 0 Å². The van der Waals surface area contributed by atoms with E-state index in [9.17, 15) is 9.18 Å². The van der Waals surface area contributed by atoms with E-state index in [1.165, 1.54) is 6.92 Å². The molecule has 56 valence electrons. The van der Waals surface area contributed by atoms with Crippen molar-refractivity contribution in [1.82, 2.24) is 0 Å². The average molecular weight is 142 g/mol. The second-order valence-electron chi connectivity index (χ2n) is 2.17. The van der Waals surface area contributed by atoms with Gasteiger partial charge in [0.2, 0.25) is 0 Å². The minimum Gasteiger partial charge on any atom is -0.300 e. The minimum absolute atomic E-state index is 0.0745. The summed E-state index contributed by atoms with van der Waals surface area (Å²) >= 11 is 0. The highest BCUT2D eigenvalue weighted by Crippen LogP contribution is 2.09. The average Bonchev–Trinajstić information content (AvgIpc) is 1.85. The number of carbonyl (C=O) groups is 1. The number of alkyl halides is 1. The SMILES string of the molecule is C=CC(F)C(=C)CC(C)=O. The van der Waals surface area contributed by atoms with Gasteiger partial charge in [0.25, 0.3) is 0 Å². The molecule has 0 aliphatic rings. The van der Waals surface area contributed by atoms with Crippen LogP contribution in [0, 0.1) is 0 Å². The molecule has 0 fully saturated rings. The zero-order chi connectivity index (χ0) is 8.15. The number of carbonyl (C=O) groups excluding carboxylic acids is 1. The smallest absolute Gasteiger partial charge is 0.139 e. The van der Waals surface area contributed by atoms with Gasteiger partial charge >= 0.3 is 0 Å². The number of halogens is 1. The van der Waals surface area contributed by atoms with E-state index in [0.717, 1.165) is 6.08 Å². The zero-order valence-corrected chi connectivity index (χ0v) is 6.06. The number of allylic oxidation sites excluding steroid dienone is 2. The maximum atomic E-state index is 12.5. The van der Waals surface area contributed by atoms with Crippen LogP contribution >= 0.6 is 0 Å². The van der Waals surface area contributed by atoms with Crippen LogP contribution in [-0.2, 0) is 4.79 Å². The lowest BCUT2D eigenvalue weighted by molar-refractivity contribution is -0.116. The molecule has 0 amide bonds. The van der Waals surface area contributed by atoms with Gasteiger partial charge in [0.15, 0.2) is 0 Å². The second kappa shape index (κ2) is 3.99. The zero-order valence-electron chi connectivity index (χ0n) is 6.06. The standard InChI is InChI=1S/C8H11FO/c1-4-8(9)6(2)5-7(3)10/h4,8H,1-2,5H2,3H3. The molecule has 10 heavy (non-hydrogen) atoms. The number of hydrogen-bond acceptors (Lipinski definition) is 1. The summed E-state index contributed by atoms with van der Waals surface area (Å²) < 4.78 is 12.5. The molecule has 0 saturated heterocycles. The third kappa shape index (κ3) is 3.17. The molecule has 0 saturated carbocycles. The molecule has 1 unspecified atom stereocenters. The van der Waals surface area contributed by atoms with Crippen LogP contribution in [0.25, 0.3) is 0 Å². The summed E-state index contributed by atoms with van der Waals surface area (Å²) in [6.45, 7) is 8.04. The first kappa shape index (κ1) is 9.08. The van der Waals surface area contributed by atoms with Gasteiger partial charge in [-0.3, -0.25) is 4.79 Å². The molecule has 0 aromatic heterocycles. The highest BCUT2D eigenvalue weighted by Gasteiger charge is 2.07. The maximum Gasteiger partial charge on any atom is 0.139 e. The summed E-state index contributed by atoms with van der Waals surface area (Å²) in [4.78, 5) is 10.4. The van der Waals surface area contributed by atoms with Crippen molar-refractivity contribution in [2.75, 3.05) is 0 Å². The molecule has 0 radical (unpaired) electrons. The predicted molar refractivity (Wildman–Crippen MR) is 39.5 cm³/mol. The van der Waals surface area contributed by atoms with Crippen LogP contribution in [0.2, 0.25) is 0 Å². The predicted octanol–water partition coefficient (Wildman–Crippen LogP) is 2.05. The van der Waals surface area contributed by atoms with Crippen molar-refractivity contribution in [3.8, 4) is 0 Å². The minimum atomic E-state index is -1.25. The molecule has 0 rings (SSSR count). The molecule has 0 aromatic rings. The van der Waals surface area contributed by atoms with Crippen molar-refractivity contribution >= 4 is 5.78 Å². The van der Waals surface area contributed by atoms with Crippen LogP contribution < -0.4 is 0 Å². The Morgan fingerprint density at radius 3 is 2.60 bits per heavy atom. The van der Waals surface area contributed by atoms with Crippen molar-refractivity contribution < 1.29 is 9.18 Å². The highest BCUT2D eigenvalue weighted by molar-refractivity contribution is 5.78. The largest absolute Gasteiger partial charge is 0.300 e. The lowest BCUT2D eigenvalue weighted by Gasteiger charge is -2.02. The first-order valence-corrected chi connectivity index (χ1v) is 3.01. The third-order valence-electron chi connectivity index (χ3n) is 1.07. The van der Waals surface area contributed by atoms with Gasteiger partial charge in [-0.15, -0.1) is 0 Å². The summed E-state index contributed by atoms with van der Waals surface area (Å²) in [7, 11) is 0. The van der Waals surface area contributed by atoms with Crippen molar-refractivity contribution in [3.05, 3.63) is 24.8 Å². The van der Waals surface area contributed by atoms with E-state index >= 15 is 0 Å². The van der Waals surface area contributed by atoms with E-state index in [0.29, 0.717) is 0 Å². The molecule has 0 aliphatic heterocycles. The fourth-order valence-electron chi connectivity index (χ4n) is 0.584. The number of hydrogen-bond donors (Lipinski definition) is 0. The van der Waals surface area contributed by atoms with E-state index in [2.05, 4.69) is 13.2 Å². The Morgan fingerprint density at radius 1 is 1.80 bits per heavy atom. The van der Waals surface area contributed by atoms with Crippen molar-refractivity contribution in [3.63, 3.8) is 0 Å². The van der Waals surface area contributed by atoms with Crippen LogP contribution in [0.3, 0.4) is 0 Å². The summed E-state index contributed by atoms with van der Waals surface area (Å²) in [5.41, 5.74) is 0.280. The fourth-order valence-corrected chi connectivity index (χ4v) is 0.584. The van der Waals surface area contributed by atoms with Gasteiger partial charge in [-0.1, -0.05) is 19.2 Å². The maximum absolute atomic E-state index is 12.5. The number of rotatable bonds is 4. The summed E-state index contributed by atoms with van der Waals surface area (Å²) in [5, 5.41) is 0. The Bertz CT molecular complexity index is 161. The number of Topliss-reactive ketones (excluding diaryl/α,β-unsaturated/α-hetero) is 1. The third-order valence-corrected chi connectivity index (χ3v) is 1.07. The quantitative estimate of drug-likeness (QED) is 0.549. The van der Waals surface area contributed by atoms with Crippen molar-refractivity contribution in [1.29, 1.82) is 0 Å². The highest BCUT2D eigenvalue weighted by atomic mass is 19.1. The van der Waals surface area contributed by atoms with Gasteiger partial charge < -0.3 is 0 Å². The normalized spacial score (nSPS) is 12.2.